The molecule has 4 N–H and O–H groups in total. The van der Waals surface area contributed by atoms with E-state index in [2.05, 4.69) is 15.7 Å². The maximum atomic E-state index is 12.0. The van der Waals surface area contributed by atoms with Gasteiger partial charge in [-0.15, -0.1) is 0 Å². The molecular weight excluding hydrogens is 270 g/mol. The number of nitrogens with one attached hydrogen (secondary N) is 2. The van der Waals surface area contributed by atoms with Crippen LogP contribution in [0, 0.1) is 0 Å². The summed E-state index contributed by atoms with van der Waals surface area (Å²) in [7, 11) is 1.70. The van der Waals surface area contributed by atoms with Crippen LogP contribution in [0.1, 0.15) is 16.8 Å². The van der Waals surface area contributed by atoms with Crippen molar-refractivity contribution in [1.29, 1.82) is 0 Å². The van der Waals surface area contributed by atoms with Crippen LogP contribution in [0.5, 0.6) is 0 Å². The number of amides is 2. The summed E-state index contributed by atoms with van der Waals surface area (Å²) in [4.78, 5) is 29.1. The van der Waals surface area contributed by atoms with E-state index in [1.165, 1.54) is 12.3 Å². The smallest absolute Gasteiger partial charge is 0.253 e. The average Bonchev–Trinajstić information content (AvgIpc) is 2.70. The molecule has 19 heavy (non-hydrogen) atoms. The minimum Gasteiger partial charge on any atom is -0.344 e. The second-order valence-corrected chi connectivity index (χ2v) is 4.68. The molecule has 8 heteroatoms. The standard InChI is InChI=1S/C11H14ClN5O2/c1-17-3-2-8(11(17)19)15-10(18)6-4-7(12)9(16-13)14-5-6/h4-5,8H,2-3,13H2,1H3,(H,14,16)(H,15,18). The lowest BCUT2D eigenvalue weighted by Gasteiger charge is -2.12. The van der Waals surface area contributed by atoms with Crippen LogP contribution in [0.4, 0.5) is 5.82 Å². The molecule has 1 saturated heterocycles. The topological polar surface area (TPSA) is 100 Å². The Labute approximate surface area is 115 Å². The lowest BCUT2D eigenvalue weighted by molar-refractivity contribution is -0.128. The number of hydrogen-bond donors (Lipinski definition) is 3. The van der Waals surface area contributed by atoms with Crippen molar-refractivity contribution in [2.24, 2.45) is 5.84 Å². The van der Waals surface area contributed by atoms with E-state index in [1.807, 2.05) is 0 Å². The highest BCUT2D eigenvalue weighted by Gasteiger charge is 2.30. The number of aromatic nitrogens is 1. The van der Waals surface area contributed by atoms with E-state index >= 15 is 0 Å². The number of nitrogen functional groups attached to an aromatic ring is 1. The zero-order valence-corrected chi connectivity index (χ0v) is 11.1. The third-order valence-corrected chi connectivity index (χ3v) is 3.26. The fraction of sp³-hybridized carbons (Fsp3) is 0.364. The molecule has 0 aliphatic carbocycles. The number of carbonyl (C=O) groups is 2. The zero-order chi connectivity index (χ0) is 14.0. The van der Waals surface area contributed by atoms with Crippen LogP contribution >= 0.6 is 11.6 Å². The minimum atomic E-state index is -0.483. The van der Waals surface area contributed by atoms with Gasteiger partial charge in [0, 0.05) is 19.8 Å². The van der Waals surface area contributed by atoms with E-state index in [0.29, 0.717) is 13.0 Å². The molecule has 1 aliphatic rings. The third-order valence-electron chi connectivity index (χ3n) is 2.97. The highest BCUT2D eigenvalue weighted by molar-refractivity contribution is 6.33. The van der Waals surface area contributed by atoms with E-state index in [1.54, 1.807) is 11.9 Å². The van der Waals surface area contributed by atoms with Gasteiger partial charge >= 0.3 is 0 Å². The SMILES string of the molecule is CN1CCC(NC(=O)c2cnc(NN)c(Cl)c2)C1=O. The van der Waals surface area contributed by atoms with Crippen LogP contribution in [-0.4, -0.2) is 41.3 Å². The first-order valence-electron chi connectivity index (χ1n) is 5.71. The number of nitrogens with zero attached hydrogens (tertiary/aromatic N) is 2. The molecule has 0 spiro atoms. The largest absolute Gasteiger partial charge is 0.344 e. The molecule has 1 fully saturated rings. The van der Waals surface area contributed by atoms with Gasteiger partial charge in [-0.3, -0.25) is 9.59 Å². The van der Waals surface area contributed by atoms with Crippen LogP contribution in [-0.2, 0) is 4.79 Å². The predicted molar refractivity (Wildman–Crippen MR) is 70.6 cm³/mol. The van der Waals surface area contributed by atoms with Gasteiger partial charge in [-0.1, -0.05) is 11.6 Å². The van der Waals surface area contributed by atoms with Crippen molar-refractivity contribution < 1.29 is 9.59 Å². The van der Waals surface area contributed by atoms with Crippen LogP contribution in [0.25, 0.3) is 0 Å². The number of anilines is 1. The van der Waals surface area contributed by atoms with E-state index < -0.39 is 6.04 Å². The average molecular weight is 284 g/mol. The van der Waals surface area contributed by atoms with Gasteiger partial charge < -0.3 is 15.6 Å². The second-order valence-electron chi connectivity index (χ2n) is 4.27. The van der Waals surface area contributed by atoms with Gasteiger partial charge in [0.1, 0.15) is 6.04 Å². The molecule has 1 unspecified atom stereocenters. The quantitative estimate of drug-likeness (QED) is 0.535. The molecule has 0 aromatic carbocycles. The number of likely N-dealkylation sites (tertiary alicyclic amines) is 1. The second kappa shape index (κ2) is 5.41. The summed E-state index contributed by atoms with van der Waals surface area (Å²) in [6.07, 6.45) is 1.95. The zero-order valence-electron chi connectivity index (χ0n) is 10.3. The summed E-state index contributed by atoms with van der Waals surface area (Å²) in [5.74, 6) is 5.01. The Bertz CT molecular complexity index is 522. The van der Waals surface area contributed by atoms with Gasteiger partial charge in [0.2, 0.25) is 5.91 Å². The summed E-state index contributed by atoms with van der Waals surface area (Å²) in [5, 5.41) is 2.90. The van der Waals surface area contributed by atoms with Crippen LogP contribution in [0.3, 0.4) is 0 Å². The molecule has 0 saturated carbocycles. The maximum absolute atomic E-state index is 12.0. The molecule has 1 aromatic rings. The Hall–Kier alpha value is -1.86. The summed E-state index contributed by atoms with van der Waals surface area (Å²) >= 11 is 5.88. The van der Waals surface area contributed by atoms with Crippen molar-refractivity contribution in [3.8, 4) is 0 Å². The highest BCUT2D eigenvalue weighted by Crippen LogP contribution is 2.19. The Balaban J connectivity index is 2.08. The Kier molecular flexibility index (Phi) is 3.87. The van der Waals surface area contributed by atoms with Crippen molar-refractivity contribution in [1.82, 2.24) is 15.2 Å². The van der Waals surface area contributed by atoms with Gasteiger partial charge in [-0.2, -0.15) is 0 Å². The first-order valence-corrected chi connectivity index (χ1v) is 6.08. The monoisotopic (exact) mass is 283 g/mol. The number of nitrogens with two attached hydrogens (primary N) is 1. The molecule has 2 rings (SSSR count). The molecule has 1 atom stereocenters. The number of carbonyl (C=O) groups excluding carboxylic acids is 2. The first kappa shape index (κ1) is 13.6. The normalized spacial score (nSPS) is 18.6. The van der Waals surface area contributed by atoms with Crippen LogP contribution in [0.2, 0.25) is 5.02 Å². The first-order chi connectivity index (χ1) is 9.02. The van der Waals surface area contributed by atoms with Crippen LogP contribution < -0.4 is 16.6 Å². The van der Waals surface area contributed by atoms with E-state index in [0.717, 1.165) is 0 Å². The fourth-order valence-corrected chi connectivity index (χ4v) is 2.09. The number of hydrazine groups is 1. The third kappa shape index (κ3) is 2.77. The van der Waals surface area contributed by atoms with Crippen LogP contribution in [0.15, 0.2) is 12.3 Å². The molecule has 0 radical (unpaired) electrons. The highest BCUT2D eigenvalue weighted by atomic mass is 35.5. The lowest BCUT2D eigenvalue weighted by atomic mass is 10.2. The predicted octanol–water partition coefficient (Wildman–Crippen LogP) is -0.0189. The van der Waals surface area contributed by atoms with Crippen molar-refractivity contribution in [3.05, 3.63) is 22.8 Å². The van der Waals surface area contributed by atoms with Crippen molar-refractivity contribution in [2.45, 2.75) is 12.5 Å². The van der Waals surface area contributed by atoms with Gasteiger partial charge in [0.25, 0.3) is 5.91 Å². The number of rotatable bonds is 3. The number of halogens is 1. The molecule has 2 heterocycles. The molecule has 7 nitrogen and oxygen atoms in total. The Morgan fingerprint density at radius 2 is 2.37 bits per heavy atom. The Morgan fingerprint density at radius 1 is 1.63 bits per heavy atom. The Morgan fingerprint density at radius 3 is 2.89 bits per heavy atom. The number of hydrogen-bond acceptors (Lipinski definition) is 5. The number of pyridine rings is 1. The summed E-state index contributed by atoms with van der Waals surface area (Å²) in [5.41, 5.74) is 2.60. The maximum Gasteiger partial charge on any atom is 0.253 e. The van der Waals surface area contributed by atoms with E-state index in [4.69, 9.17) is 17.4 Å². The molecular formula is C11H14ClN5O2. The summed E-state index contributed by atoms with van der Waals surface area (Å²) in [6.45, 7) is 0.638. The summed E-state index contributed by atoms with van der Waals surface area (Å²) < 4.78 is 0. The van der Waals surface area contributed by atoms with Crippen molar-refractivity contribution in [2.75, 3.05) is 19.0 Å². The van der Waals surface area contributed by atoms with E-state index in [9.17, 15) is 9.59 Å². The lowest BCUT2D eigenvalue weighted by Crippen LogP contribution is -2.40. The summed E-state index contributed by atoms with van der Waals surface area (Å²) in [6, 6.07) is 0.964. The molecule has 1 aliphatic heterocycles. The van der Waals surface area contributed by atoms with Gasteiger partial charge in [-0.05, 0) is 12.5 Å². The molecule has 102 valence electrons. The van der Waals surface area contributed by atoms with Gasteiger partial charge in [-0.25, -0.2) is 10.8 Å². The van der Waals surface area contributed by atoms with Gasteiger partial charge in [0.05, 0.1) is 10.6 Å². The minimum absolute atomic E-state index is 0.0901. The molecule has 2 amide bonds. The molecule has 0 bridgehead atoms. The van der Waals surface area contributed by atoms with E-state index in [-0.39, 0.29) is 28.2 Å². The number of likely N-dealkylation sites (N-methyl/N-ethyl adjacent to an activating group) is 1. The van der Waals surface area contributed by atoms with Crippen molar-refractivity contribution >= 4 is 29.2 Å². The molecule has 1 aromatic heterocycles. The van der Waals surface area contributed by atoms with Gasteiger partial charge in [0.15, 0.2) is 5.82 Å². The van der Waals surface area contributed by atoms with Crippen molar-refractivity contribution in [3.63, 3.8) is 0 Å². The fourth-order valence-electron chi connectivity index (χ4n) is 1.87.